The smallest absolute Gasteiger partial charge is 0.167 e. The van der Waals surface area contributed by atoms with Crippen LogP contribution in [0.2, 0.25) is 0 Å². The summed E-state index contributed by atoms with van der Waals surface area (Å²) >= 11 is 0. The van der Waals surface area contributed by atoms with Crippen molar-refractivity contribution in [2.75, 3.05) is 6.61 Å². The molecule has 3 aromatic carbocycles. The second-order valence-corrected chi connectivity index (χ2v) is 9.62. The molecule has 37 heavy (non-hydrogen) atoms. The van der Waals surface area contributed by atoms with Crippen molar-refractivity contribution >= 4 is 0 Å². The van der Waals surface area contributed by atoms with Crippen LogP contribution in [0.1, 0.15) is 50.7 Å². The third-order valence-corrected chi connectivity index (χ3v) is 7.05. The lowest BCUT2D eigenvalue weighted by Crippen LogP contribution is -2.24. The zero-order valence-electron chi connectivity index (χ0n) is 21.1. The first-order chi connectivity index (χ1) is 17.8. The molecular formula is C31H31F5O. The fraction of sp³-hybridized carbons (Fsp3) is 0.355. The van der Waals surface area contributed by atoms with Crippen molar-refractivity contribution in [1.29, 1.82) is 0 Å². The monoisotopic (exact) mass is 514 g/mol. The van der Waals surface area contributed by atoms with E-state index in [-0.39, 0.29) is 39.8 Å². The van der Waals surface area contributed by atoms with Gasteiger partial charge < -0.3 is 4.74 Å². The SMILES string of the molecule is CC=CC1CCC(CCc2ccc(-c3ccc(-c4ccc(CCC)c(F)c4)c(F)c3F)c(F)c2F)CO1. The largest absolute Gasteiger partial charge is 0.374 e. The maximum Gasteiger partial charge on any atom is 0.167 e. The van der Waals surface area contributed by atoms with Gasteiger partial charge in [0.2, 0.25) is 0 Å². The van der Waals surface area contributed by atoms with Crippen LogP contribution in [0, 0.1) is 35.0 Å². The Labute approximate surface area is 215 Å². The Balaban J connectivity index is 1.52. The van der Waals surface area contributed by atoms with Crippen molar-refractivity contribution in [2.45, 2.75) is 58.5 Å². The predicted molar refractivity (Wildman–Crippen MR) is 137 cm³/mol. The summed E-state index contributed by atoms with van der Waals surface area (Å²) < 4.78 is 80.1. The van der Waals surface area contributed by atoms with Crippen LogP contribution in [0.3, 0.4) is 0 Å². The number of ether oxygens (including phenoxy) is 1. The summed E-state index contributed by atoms with van der Waals surface area (Å²) in [7, 11) is 0. The highest BCUT2D eigenvalue weighted by Gasteiger charge is 2.23. The summed E-state index contributed by atoms with van der Waals surface area (Å²) in [5, 5.41) is 0. The van der Waals surface area contributed by atoms with Crippen LogP contribution in [0.15, 0.2) is 54.6 Å². The molecule has 1 aliphatic heterocycles. The molecule has 3 aromatic rings. The summed E-state index contributed by atoms with van der Waals surface area (Å²) in [5.74, 6) is -5.06. The minimum atomic E-state index is -1.31. The van der Waals surface area contributed by atoms with Gasteiger partial charge in [-0.05, 0) is 67.7 Å². The van der Waals surface area contributed by atoms with Crippen molar-refractivity contribution in [3.63, 3.8) is 0 Å². The molecule has 0 saturated carbocycles. The van der Waals surface area contributed by atoms with Crippen LogP contribution in [-0.2, 0) is 17.6 Å². The summed E-state index contributed by atoms with van der Waals surface area (Å²) in [5.41, 5.74) is -0.0304. The molecule has 0 amide bonds. The molecule has 1 heterocycles. The van der Waals surface area contributed by atoms with Gasteiger partial charge in [-0.25, -0.2) is 22.0 Å². The van der Waals surface area contributed by atoms with Gasteiger partial charge in [-0.2, -0.15) is 0 Å². The third kappa shape index (κ3) is 5.96. The lowest BCUT2D eigenvalue weighted by molar-refractivity contribution is 0.00856. The summed E-state index contributed by atoms with van der Waals surface area (Å²) in [6, 6.07) is 9.40. The predicted octanol–water partition coefficient (Wildman–Crippen LogP) is 8.97. The second kappa shape index (κ2) is 12.0. The number of rotatable bonds is 8. The Morgan fingerprint density at radius 2 is 1.43 bits per heavy atom. The zero-order chi connectivity index (χ0) is 26.5. The molecule has 1 nitrogen and oxygen atoms in total. The molecule has 0 aliphatic carbocycles. The molecule has 0 bridgehead atoms. The summed E-state index contributed by atoms with van der Waals surface area (Å²) in [6.45, 7) is 4.43. The molecule has 4 rings (SSSR count). The standard InChI is InChI=1S/C31H31F5O/c1-3-5-20-10-11-22(17-27(20)32)24-15-16-26(31(36)29(24)34)25-14-12-21(28(33)30(25)35)9-7-19-8-13-23(6-4-2)37-18-19/h4,6,10-12,14-17,19,23H,3,5,7-9,13,18H2,1-2H3. The van der Waals surface area contributed by atoms with E-state index in [4.69, 9.17) is 4.74 Å². The lowest BCUT2D eigenvalue weighted by Gasteiger charge is -2.27. The fourth-order valence-electron chi connectivity index (χ4n) is 4.94. The van der Waals surface area contributed by atoms with Crippen molar-refractivity contribution in [3.05, 3.63) is 94.8 Å². The van der Waals surface area contributed by atoms with Gasteiger partial charge in [0.25, 0.3) is 0 Å². The first-order valence-electron chi connectivity index (χ1n) is 12.8. The summed E-state index contributed by atoms with van der Waals surface area (Å²) in [6.07, 6.45) is 8.16. The van der Waals surface area contributed by atoms with E-state index in [9.17, 15) is 13.2 Å². The number of allylic oxidation sites excluding steroid dienone is 1. The number of benzene rings is 3. The highest BCUT2D eigenvalue weighted by atomic mass is 19.2. The molecule has 196 valence electrons. The molecule has 2 unspecified atom stereocenters. The number of hydrogen-bond donors (Lipinski definition) is 0. The van der Waals surface area contributed by atoms with Gasteiger partial charge in [0.1, 0.15) is 5.82 Å². The van der Waals surface area contributed by atoms with Gasteiger partial charge in [-0.3, -0.25) is 0 Å². The Bertz CT molecular complexity index is 1280. The minimum Gasteiger partial charge on any atom is -0.374 e. The van der Waals surface area contributed by atoms with Gasteiger partial charge in [0.05, 0.1) is 12.7 Å². The van der Waals surface area contributed by atoms with E-state index < -0.39 is 29.1 Å². The normalized spacial score (nSPS) is 18.0. The van der Waals surface area contributed by atoms with Gasteiger partial charge in [-0.15, -0.1) is 0 Å². The lowest BCUT2D eigenvalue weighted by atomic mass is 9.91. The zero-order valence-corrected chi connectivity index (χ0v) is 21.1. The Hall–Kier alpha value is -2.99. The fourth-order valence-corrected chi connectivity index (χ4v) is 4.94. The van der Waals surface area contributed by atoms with Crippen LogP contribution >= 0.6 is 0 Å². The molecule has 2 atom stereocenters. The van der Waals surface area contributed by atoms with Crippen molar-refractivity contribution in [1.82, 2.24) is 0 Å². The van der Waals surface area contributed by atoms with E-state index in [1.54, 1.807) is 6.07 Å². The highest BCUT2D eigenvalue weighted by molar-refractivity contribution is 5.72. The molecule has 1 saturated heterocycles. The van der Waals surface area contributed by atoms with E-state index in [1.807, 2.05) is 26.0 Å². The summed E-state index contributed by atoms with van der Waals surface area (Å²) in [4.78, 5) is 0. The van der Waals surface area contributed by atoms with E-state index in [0.717, 1.165) is 25.3 Å². The van der Waals surface area contributed by atoms with Crippen LogP contribution in [-0.4, -0.2) is 12.7 Å². The number of aryl methyl sites for hydroxylation is 2. The molecule has 0 spiro atoms. The molecule has 0 radical (unpaired) electrons. The molecule has 6 heteroatoms. The molecule has 1 aliphatic rings. The first kappa shape index (κ1) is 27.1. The topological polar surface area (TPSA) is 9.23 Å². The maximum atomic E-state index is 15.0. The molecule has 0 N–H and O–H groups in total. The van der Waals surface area contributed by atoms with Crippen molar-refractivity contribution in [2.24, 2.45) is 5.92 Å². The minimum absolute atomic E-state index is 0.107. The van der Waals surface area contributed by atoms with Gasteiger partial charge in [-0.1, -0.05) is 61.9 Å². The Morgan fingerprint density at radius 3 is 2.08 bits per heavy atom. The van der Waals surface area contributed by atoms with Crippen LogP contribution in [0.4, 0.5) is 22.0 Å². The van der Waals surface area contributed by atoms with E-state index in [0.29, 0.717) is 31.4 Å². The number of hydrogen-bond acceptors (Lipinski definition) is 1. The van der Waals surface area contributed by atoms with E-state index in [1.165, 1.54) is 30.3 Å². The Morgan fingerprint density at radius 1 is 0.784 bits per heavy atom. The van der Waals surface area contributed by atoms with Crippen LogP contribution in [0.5, 0.6) is 0 Å². The van der Waals surface area contributed by atoms with Gasteiger partial charge in [0.15, 0.2) is 23.3 Å². The average Bonchev–Trinajstić information content (AvgIpc) is 2.89. The molecule has 0 aromatic heterocycles. The second-order valence-electron chi connectivity index (χ2n) is 9.62. The third-order valence-electron chi connectivity index (χ3n) is 7.05. The quantitative estimate of drug-likeness (QED) is 0.215. The first-order valence-corrected chi connectivity index (χ1v) is 12.8. The van der Waals surface area contributed by atoms with Crippen molar-refractivity contribution < 1.29 is 26.7 Å². The maximum absolute atomic E-state index is 15.0. The number of halogens is 5. The average molecular weight is 515 g/mol. The molecule has 1 fully saturated rings. The Kier molecular flexibility index (Phi) is 8.80. The van der Waals surface area contributed by atoms with Crippen LogP contribution < -0.4 is 0 Å². The van der Waals surface area contributed by atoms with Crippen LogP contribution in [0.25, 0.3) is 22.3 Å². The van der Waals surface area contributed by atoms with E-state index >= 15 is 8.78 Å². The van der Waals surface area contributed by atoms with Gasteiger partial charge >= 0.3 is 0 Å². The molecular weight excluding hydrogens is 483 g/mol. The van der Waals surface area contributed by atoms with Crippen molar-refractivity contribution in [3.8, 4) is 22.3 Å². The van der Waals surface area contributed by atoms with Gasteiger partial charge in [0, 0.05) is 16.7 Å². The highest BCUT2D eigenvalue weighted by Crippen LogP contribution is 2.35. The van der Waals surface area contributed by atoms with E-state index in [2.05, 4.69) is 0 Å².